The van der Waals surface area contributed by atoms with Gasteiger partial charge < -0.3 is 10.4 Å². The molecule has 1 amide bonds. The lowest BCUT2D eigenvalue weighted by Gasteiger charge is -2.08. The number of nitrogens with one attached hydrogen (secondary N) is 1. The van der Waals surface area contributed by atoms with Crippen LogP contribution in [0.1, 0.15) is 17.4 Å². The van der Waals surface area contributed by atoms with Gasteiger partial charge in [-0.15, -0.1) is 0 Å². The van der Waals surface area contributed by atoms with E-state index in [-0.39, 0.29) is 17.3 Å². The average molecular weight is 338 g/mol. The number of carboxylic acid groups (broad SMARTS) is 1. The number of carbonyl (C=O) groups is 2. The number of hydrogen-bond acceptors (Lipinski definition) is 3. The van der Waals surface area contributed by atoms with Gasteiger partial charge in [0.1, 0.15) is 4.60 Å². The minimum Gasteiger partial charge on any atom is -0.476 e. The summed E-state index contributed by atoms with van der Waals surface area (Å²) in [5, 5.41) is 11.3. The van der Waals surface area contributed by atoms with Crippen LogP contribution in [0.5, 0.6) is 0 Å². The zero-order chi connectivity index (χ0) is 11.6. The molecular weight excluding hydrogens is 332 g/mol. The molecule has 80 valence electrons. The van der Waals surface area contributed by atoms with Crippen molar-refractivity contribution in [1.82, 2.24) is 4.98 Å². The van der Waals surface area contributed by atoms with Gasteiger partial charge in [-0.05, 0) is 37.9 Å². The maximum absolute atomic E-state index is 10.9. The third kappa shape index (κ3) is 3.00. The summed E-state index contributed by atoms with van der Waals surface area (Å²) >= 11 is 6.21. The molecule has 1 aromatic heterocycles. The number of rotatable bonds is 2. The maximum Gasteiger partial charge on any atom is 0.356 e. The van der Waals surface area contributed by atoms with E-state index < -0.39 is 5.97 Å². The Morgan fingerprint density at radius 3 is 2.53 bits per heavy atom. The molecule has 0 aliphatic carbocycles. The van der Waals surface area contributed by atoms with Gasteiger partial charge in [-0.3, -0.25) is 4.79 Å². The second-order valence-electron chi connectivity index (χ2n) is 2.64. The lowest BCUT2D eigenvalue weighted by atomic mass is 10.3. The molecule has 0 bridgehead atoms. The molecule has 0 aliphatic heterocycles. The van der Waals surface area contributed by atoms with E-state index >= 15 is 0 Å². The first kappa shape index (κ1) is 12.1. The third-order valence-corrected chi connectivity index (χ3v) is 2.48. The number of carboxylic acids is 1. The van der Waals surface area contributed by atoms with E-state index in [1.807, 2.05) is 0 Å². The second-order valence-corrected chi connectivity index (χ2v) is 4.30. The molecule has 0 saturated carbocycles. The van der Waals surface area contributed by atoms with Crippen LogP contribution >= 0.6 is 31.9 Å². The van der Waals surface area contributed by atoms with Crippen LogP contribution in [0.2, 0.25) is 0 Å². The Hall–Kier alpha value is -0.950. The fraction of sp³-hybridized carbons (Fsp3) is 0.125. The van der Waals surface area contributed by atoms with Gasteiger partial charge in [-0.25, -0.2) is 9.78 Å². The average Bonchev–Trinajstić information content (AvgIpc) is 2.08. The van der Waals surface area contributed by atoms with Gasteiger partial charge in [0.15, 0.2) is 5.69 Å². The fourth-order valence-corrected chi connectivity index (χ4v) is 2.15. The van der Waals surface area contributed by atoms with Crippen LogP contribution in [0.25, 0.3) is 0 Å². The van der Waals surface area contributed by atoms with Crippen molar-refractivity contribution in [2.45, 2.75) is 6.92 Å². The molecule has 0 aliphatic rings. The normalized spacial score (nSPS) is 9.80. The van der Waals surface area contributed by atoms with Crippen molar-refractivity contribution in [2.24, 2.45) is 0 Å². The van der Waals surface area contributed by atoms with Crippen LogP contribution in [0.15, 0.2) is 15.1 Å². The number of aromatic nitrogens is 1. The lowest BCUT2D eigenvalue weighted by Crippen LogP contribution is -2.13. The Labute approximate surface area is 102 Å². The molecule has 0 atom stereocenters. The van der Waals surface area contributed by atoms with E-state index in [4.69, 9.17) is 5.11 Å². The molecule has 0 spiro atoms. The molecule has 7 heteroatoms. The Morgan fingerprint density at radius 1 is 1.47 bits per heavy atom. The number of halogens is 2. The van der Waals surface area contributed by atoms with Gasteiger partial charge in [0.25, 0.3) is 0 Å². The molecule has 15 heavy (non-hydrogen) atoms. The topological polar surface area (TPSA) is 79.3 Å². The highest BCUT2D eigenvalue weighted by Crippen LogP contribution is 2.28. The smallest absolute Gasteiger partial charge is 0.356 e. The Kier molecular flexibility index (Phi) is 3.81. The molecule has 2 N–H and O–H groups in total. The van der Waals surface area contributed by atoms with Crippen LogP contribution < -0.4 is 5.32 Å². The van der Waals surface area contributed by atoms with Crippen LogP contribution in [0.3, 0.4) is 0 Å². The summed E-state index contributed by atoms with van der Waals surface area (Å²) in [6, 6.07) is 1.55. The Morgan fingerprint density at radius 2 is 2.07 bits per heavy atom. The minimum atomic E-state index is -1.21. The number of anilines is 1. The number of hydrogen-bond donors (Lipinski definition) is 2. The van der Waals surface area contributed by atoms with Crippen molar-refractivity contribution < 1.29 is 14.7 Å². The number of aromatic carboxylic acids is 1. The molecule has 0 radical (unpaired) electrons. The first-order chi connectivity index (χ1) is 6.91. The summed E-state index contributed by atoms with van der Waals surface area (Å²) in [5.41, 5.74) is -0.0651. The zero-order valence-corrected chi connectivity index (χ0v) is 10.7. The molecular formula is C8H6Br2N2O3. The van der Waals surface area contributed by atoms with Crippen LogP contribution in [-0.2, 0) is 4.79 Å². The minimum absolute atomic E-state index is 0.151. The van der Waals surface area contributed by atoms with Crippen molar-refractivity contribution >= 4 is 49.4 Å². The van der Waals surface area contributed by atoms with Crippen molar-refractivity contribution in [2.75, 3.05) is 5.32 Å². The lowest BCUT2D eigenvalue weighted by molar-refractivity contribution is -0.114. The first-order valence-corrected chi connectivity index (χ1v) is 5.37. The van der Waals surface area contributed by atoms with Gasteiger partial charge in [-0.1, -0.05) is 0 Å². The fourth-order valence-electron chi connectivity index (χ4n) is 0.935. The van der Waals surface area contributed by atoms with Crippen LogP contribution in [0, 0.1) is 0 Å². The van der Waals surface area contributed by atoms with E-state index in [0.29, 0.717) is 9.08 Å². The van der Waals surface area contributed by atoms with Crippen LogP contribution in [-0.4, -0.2) is 22.0 Å². The van der Waals surface area contributed by atoms with E-state index in [1.165, 1.54) is 6.92 Å². The highest BCUT2D eigenvalue weighted by atomic mass is 79.9. The summed E-state index contributed by atoms with van der Waals surface area (Å²) in [5.74, 6) is -1.57. The van der Waals surface area contributed by atoms with Gasteiger partial charge >= 0.3 is 5.97 Å². The summed E-state index contributed by atoms with van der Waals surface area (Å²) in [6.07, 6.45) is 0. The second kappa shape index (κ2) is 4.71. The molecule has 1 aromatic rings. The predicted molar refractivity (Wildman–Crippen MR) is 60.9 cm³/mol. The Bertz CT molecular complexity index is 434. The standard InChI is InChI=1S/C8H6Br2N2O3/c1-3(13)11-6-4(9)2-5(10)12-7(6)8(14)15/h2H,1H3,(H,11,13)(H,14,15). The maximum atomic E-state index is 10.9. The molecule has 0 fully saturated rings. The predicted octanol–water partition coefficient (Wildman–Crippen LogP) is 2.26. The molecule has 5 nitrogen and oxygen atoms in total. The van der Waals surface area contributed by atoms with Crippen LogP contribution in [0.4, 0.5) is 5.69 Å². The van der Waals surface area contributed by atoms with E-state index in [1.54, 1.807) is 6.07 Å². The summed E-state index contributed by atoms with van der Waals surface area (Å²) < 4.78 is 0.831. The number of pyridine rings is 1. The first-order valence-electron chi connectivity index (χ1n) is 3.78. The highest BCUT2D eigenvalue weighted by Gasteiger charge is 2.17. The number of carbonyl (C=O) groups excluding carboxylic acids is 1. The monoisotopic (exact) mass is 336 g/mol. The van der Waals surface area contributed by atoms with Crippen molar-refractivity contribution in [1.29, 1.82) is 0 Å². The zero-order valence-electron chi connectivity index (χ0n) is 7.54. The molecule has 0 saturated heterocycles. The number of nitrogens with zero attached hydrogens (tertiary/aromatic N) is 1. The van der Waals surface area contributed by atoms with Gasteiger partial charge in [0.2, 0.25) is 5.91 Å². The van der Waals surface area contributed by atoms with Crippen molar-refractivity contribution in [3.8, 4) is 0 Å². The highest BCUT2D eigenvalue weighted by molar-refractivity contribution is 9.11. The van der Waals surface area contributed by atoms with E-state index in [2.05, 4.69) is 42.2 Å². The van der Waals surface area contributed by atoms with E-state index in [9.17, 15) is 9.59 Å². The summed E-state index contributed by atoms with van der Waals surface area (Å²) in [7, 11) is 0. The molecule has 0 aromatic carbocycles. The van der Waals surface area contributed by atoms with Gasteiger partial charge in [0.05, 0.1) is 5.69 Å². The Balaban J connectivity index is 3.33. The summed E-state index contributed by atoms with van der Waals surface area (Å²) in [6.45, 7) is 1.29. The van der Waals surface area contributed by atoms with Gasteiger partial charge in [-0.2, -0.15) is 0 Å². The molecule has 1 rings (SSSR count). The van der Waals surface area contributed by atoms with Gasteiger partial charge in [0, 0.05) is 11.4 Å². The quantitative estimate of drug-likeness (QED) is 0.811. The SMILES string of the molecule is CC(=O)Nc1c(Br)cc(Br)nc1C(=O)O. The summed E-state index contributed by atoms with van der Waals surface area (Å²) in [4.78, 5) is 25.5. The van der Waals surface area contributed by atoms with Crippen molar-refractivity contribution in [3.05, 3.63) is 20.8 Å². The largest absolute Gasteiger partial charge is 0.476 e. The number of amides is 1. The third-order valence-electron chi connectivity index (χ3n) is 1.44. The van der Waals surface area contributed by atoms with E-state index in [0.717, 1.165) is 0 Å². The molecule has 1 heterocycles. The van der Waals surface area contributed by atoms with Crippen molar-refractivity contribution in [3.63, 3.8) is 0 Å². The molecule has 0 unspecified atom stereocenters.